The molecule has 260 valence electrons. The Morgan fingerprint density at radius 1 is 0.295 bits per heavy atom. The van der Waals surface area contributed by atoms with E-state index in [0.29, 0.717) is 24.0 Å². The predicted molar refractivity (Wildman–Crippen MR) is 194 cm³/mol. The highest BCUT2D eigenvalue weighted by atomic mass is 16.2. The van der Waals surface area contributed by atoms with Gasteiger partial charge in [0.2, 0.25) is 11.8 Å². The molecule has 0 aliphatic heterocycles. The zero-order chi connectivity index (χ0) is 32.4. The second-order valence-electron chi connectivity index (χ2n) is 13.8. The molecule has 0 saturated heterocycles. The van der Waals surface area contributed by atoms with Gasteiger partial charge in [-0.05, 0) is 25.7 Å². The van der Waals surface area contributed by atoms with E-state index in [2.05, 4.69) is 13.8 Å². The molecule has 4 nitrogen and oxygen atoms in total. The zero-order valence-corrected chi connectivity index (χ0v) is 30.0. The molecule has 4 heteroatoms. The molecule has 0 aromatic heterocycles. The minimum absolute atomic E-state index is 0.462. The molecule has 2 amide bonds. The first kappa shape index (κ1) is 42.7. The Balaban J connectivity index is 3.84. The number of amides is 2. The zero-order valence-electron chi connectivity index (χ0n) is 30.0. The van der Waals surface area contributed by atoms with Crippen molar-refractivity contribution in [2.75, 3.05) is 0 Å². The summed E-state index contributed by atoms with van der Waals surface area (Å²) in [5, 5.41) is 0. The molecular weight excluding hydrogens is 540 g/mol. The van der Waals surface area contributed by atoms with Gasteiger partial charge >= 0.3 is 0 Å². The lowest BCUT2D eigenvalue weighted by Gasteiger charge is -2.11. The van der Waals surface area contributed by atoms with E-state index in [0.717, 1.165) is 25.7 Å². The van der Waals surface area contributed by atoms with Gasteiger partial charge < -0.3 is 11.5 Å². The Bertz CT molecular complexity index is 616. The van der Waals surface area contributed by atoms with Crippen molar-refractivity contribution in [3.63, 3.8) is 0 Å². The van der Waals surface area contributed by atoms with E-state index in [1.807, 2.05) is 0 Å². The quantitative estimate of drug-likeness (QED) is 0.0540. The van der Waals surface area contributed by atoms with Gasteiger partial charge in [-0.25, -0.2) is 0 Å². The fourth-order valence-corrected chi connectivity index (χ4v) is 6.55. The predicted octanol–water partition coefficient (Wildman–Crippen LogP) is 12.6. The lowest BCUT2D eigenvalue weighted by molar-refractivity contribution is -0.117. The Morgan fingerprint density at radius 3 is 0.614 bits per heavy atom. The van der Waals surface area contributed by atoms with Crippen LogP contribution in [0.15, 0.2) is 11.1 Å². The SMILES string of the molecule is CCCCCCCCCCCCCCCCCCC(C(N)=O)=C(CCCCCCCCCCCCCCCCCC)C(N)=O. The van der Waals surface area contributed by atoms with Crippen molar-refractivity contribution in [1.29, 1.82) is 0 Å². The van der Waals surface area contributed by atoms with Gasteiger partial charge in [0, 0.05) is 11.1 Å². The average Bonchev–Trinajstić information content (AvgIpc) is 3.00. The van der Waals surface area contributed by atoms with E-state index in [9.17, 15) is 9.59 Å². The number of carbonyl (C=O) groups excluding carboxylic acids is 2. The standard InChI is InChI=1S/C40H78N2O2/c1-3-5-7-9-11-13-15-17-19-21-23-25-27-29-31-33-35-37(39(41)43)38(40(42)44)36-34-32-30-28-26-24-22-20-18-16-14-12-10-8-6-4-2/h3-36H2,1-2H3,(H2,41,43)(H2,42,44). The van der Waals surface area contributed by atoms with Gasteiger partial charge in [0.1, 0.15) is 0 Å². The molecule has 0 fully saturated rings. The van der Waals surface area contributed by atoms with Gasteiger partial charge in [-0.2, -0.15) is 0 Å². The molecule has 0 atom stereocenters. The van der Waals surface area contributed by atoms with E-state index in [1.54, 1.807) is 0 Å². The van der Waals surface area contributed by atoms with Crippen molar-refractivity contribution >= 4 is 11.8 Å². The fraction of sp³-hybridized carbons (Fsp3) is 0.900. The van der Waals surface area contributed by atoms with Crippen LogP contribution in [0.1, 0.15) is 232 Å². The van der Waals surface area contributed by atoms with E-state index in [1.165, 1.54) is 180 Å². The normalized spacial score (nSPS) is 12.0. The van der Waals surface area contributed by atoms with E-state index < -0.39 is 11.8 Å². The van der Waals surface area contributed by atoms with Crippen molar-refractivity contribution in [2.24, 2.45) is 11.5 Å². The molecule has 0 aromatic rings. The lowest BCUT2D eigenvalue weighted by atomic mass is 9.95. The van der Waals surface area contributed by atoms with Crippen molar-refractivity contribution in [2.45, 2.75) is 232 Å². The monoisotopic (exact) mass is 619 g/mol. The van der Waals surface area contributed by atoms with E-state index in [-0.39, 0.29) is 0 Å². The Labute approximate surface area is 275 Å². The van der Waals surface area contributed by atoms with Crippen molar-refractivity contribution < 1.29 is 9.59 Å². The summed E-state index contributed by atoms with van der Waals surface area (Å²) in [6.45, 7) is 4.56. The molecule has 0 aliphatic carbocycles. The Morgan fingerprint density at radius 2 is 0.455 bits per heavy atom. The molecule has 0 bridgehead atoms. The van der Waals surface area contributed by atoms with Crippen LogP contribution < -0.4 is 11.5 Å². The maximum Gasteiger partial charge on any atom is 0.245 e. The summed E-state index contributed by atoms with van der Waals surface area (Å²) in [6.07, 6.45) is 43.3. The maximum absolute atomic E-state index is 12.2. The summed E-state index contributed by atoms with van der Waals surface area (Å²) in [6, 6.07) is 0. The third-order valence-electron chi connectivity index (χ3n) is 9.52. The smallest absolute Gasteiger partial charge is 0.245 e. The lowest BCUT2D eigenvalue weighted by Crippen LogP contribution is -2.23. The molecule has 0 radical (unpaired) electrons. The number of nitrogens with two attached hydrogens (primary N) is 2. The van der Waals surface area contributed by atoms with Crippen LogP contribution in [0.2, 0.25) is 0 Å². The number of carbonyl (C=O) groups is 2. The minimum atomic E-state index is -0.462. The first-order valence-corrected chi connectivity index (χ1v) is 19.9. The van der Waals surface area contributed by atoms with Crippen LogP contribution in [-0.4, -0.2) is 11.8 Å². The molecule has 44 heavy (non-hydrogen) atoms. The Kier molecular flexibility index (Phi) is 33.5. The fourth-order valence-electron chi connectivity index (χ4n) is 6.55. The molecule has 0 aliphatic rings. The number of unbranched alkanes of at least 4 members (excludes halogenated alkanes) is 30. The van der Waals surface area contributed by atoms with Crippen LogP contribution in [0, 0.1) is 0 Å². The van der Waals surface area contributed by atoms with E-state index >= 15 is 0 Å². The van der Waals surface area contributed by atoms with Gasteiger partial charge in [-0.3, -0.25) is 9.59 Å². The first-order valence-electron chi connectivity index (χ1n) is 19.9. The van der Waals surface area contributed by atoms with Crippen LogP contribution in [0.5, 0.6) is 0 Å². The summed E-state index contributed by atoms with van der Waals surface area (Å²) in [4.78, 5) is 24.3. The Hall–Kier alpha value is -1.32. The van der Waals surface area contributed by atoms with Crippen molar-refractivity contribution in [3.8, 4) is 0 Å². The van der Waals surface area contributed by atoms with Crippen LogP contribution in [0.25, 0.3) is 0 Å². The molecule has 0 saturated carbocycles. The summed E-state index contributed by atoms with van der Waals surface area (Å²) in [7, 11) is 0. The molecule has 0 spiro atoms. The summed E-state index contributed by atoms with van der Waals surface area (Å²) in [5.74, 6) is -0.924. The molecule has 0 unspecified atom stereocenters. The second-order valence-corrected chi connectivity index (χ2v) is 13.8. The molecule has 0 rings (SSSR count). The van der Waals surface area contributed by atoms with Gasteiger partial charge in [-0.15, -0.1) is 0 Å². The number of primary amides is 2. The number of hydrogen-bond donors (Lipinski definition) is 2. The molecule has 0 heterocycles. The van der Waals surface area contributed by atoms with Gasteiger partial charge in [0.25, 0.3) is 0 Å². The highest BCUT2D eigenvalue weighted by Gasteiger charge is 2.16. The average molecular weight is 619 g/mol. The van der Waals surface area contributed by atoms with Crippen molar-refractivity contribution in [1.82, 2.24) is 0 Å². The number of rotatable bonds is 36. The van der Waals surface area contributed by atoms with Crippen molar-refractivity contribution in [3.05, 3.63) is 11.1 Å². The molecule has 4 N–H and O–H groups in total. The van der Waals surface area contributed by atoms with Crippen LogP contribution in [0.4, 0.5) is 0 Å². The topological polar surface area (TPSA) is 86.2 Å². The largest absolute Gasteiger partial charge is 0.366 e. The molecule has 0 aromatic carbocycles. The highest BCUT2D eigenvalue weighted by molar-refractivity contribution is 6.03. The summed E-state index contributed by atoms with van der Waals surface area (Å²) < 4.78 is 0. The minimum Gasteiger partial charge on any atom is -0.366 e. The van der Waals surface area contributed by atoms with Crippen LogP contribution >= 0.6 is 0 Å². The number of hydrogen-bond acceptors (Lipinski definition) is 2. The second kappa shape index (κ2) is 34.6. The van der Waals surface area contributed by atoms with Gasteiger partial charge in [-0.1, -0.05) is 206 Å². The molecular formula is C40H78N2O2. The van der Waals surface area contributed by atoms with Gasteiger partial charge in [0.15, 0.2) is 0 Å². The highest BCUT2D eigenvalue weighted by Crippen LogP contribution is 2.21. The van der Waals surface area contributed by atoms with E-state index in [4.69, 9.17) is 11.5 Å². The maximum atomic E-state index is 12.2. The van der Waals surface area contributed by atoms with Crippen LogP contribution in [-0.2, 0) is 9.59 Å². The third kappa shape index (κ3) is 29.4. The van der Waals surface area contributed by atoms with Crippen LogP contribution in [0.3, 0.4) is 0 Å². The first-order chi connectivity index (χ1) is 21.5. The third-order valence-corrected chi connectivity index (χ3v) is 9.52. The summed E-state index contributed by atoms with van der Waals surface area (Å²) >= 11 is 0. The summed E-state index contributed by atoms with van der Waals surface area (Å²) in [5.41, 5.74) is 12.4. The van der Waals surface area contributed by atoms with Gasteiger partial charge in [0.05, 0.1) is 0 Å².